The van der Waals surface area contributed by atoms with Crippen LogP contribution in [0, 0.1) is 0 Å². The van der Waals surface area contributed by atoms with Crippen LogP contribution in [0.4, 0.5) is 5.82 Å². The second-order valence-electron chi connectivity index (χ2n) is 7.41. The molecule has 2 N–H and O–H groups in total. The molecule has 7 heteroatoms. The van der Waals surface area contributed by atoms with Gasteiger partial charge in [0, 0.05) is 24.7 Å². The molecule has 1 atom stereocenters. The van der Waals surface area contributed by atoms with Gasteiger partial charge in [-0.25, -0.2) is 9.97 Å². The Kier molecular flexibility index (Phi) is 5.21. The molecule has 0 saturated heterocycles. The number of nitrogens with zero attached hydrogens (tertiary/aromatic N) is 4. The molecule has 1 unspecified atom stereocenters. The zero-order chi connectivity index (χ0) is 19.1. The van der Waals surface area contributed by atoms with Crippen LogP contribution in [0.1, 0.15) is 44.2 Å². The number of aryl methyl sites for hydroxylation is 1. The van der Waals surface area contributed by atoms with Crippen LogP contribution in [0.3, 0.4) is 0 Å². The summed E-state index contributed by atoms with van der Waals surface area (Å²) in [6.45, 7) is 8.85. The maximum atomic E-state index is 5.90. The Hall–Kier alpha value is -1.73. The van der Waals surface area contributed by atoms with Gasteiger partial charge in [0.1, 0.15) is 10.8 Å². The molecule has 5 nitrogen and oxygen atoms in total. The minimum Gasteiger partial charge on any atom is -0.384 e. The molecule has 3 heterocycles. The Morgan fingerprint density at radius 2 is 1.92 bits per heavy atom. The summed E-state index contributed by atoms with van der Waals surface area (Å²) in [5.41, 5.74) is 9.49. The summed E-state index contributed by atoms with van der Waals surface area (Å²) >= 11 is 3.15. The average molecular weight is 388 g/mol. The lowest BCUT2D eigenvalue weighted by molar-refractivity contribution is 0.593. The third kappa shape index (κ3) is 3.83. The molecule has 3 aromatic rings. The van der Waals surface area contributed by atoms with Crippen LogP contribution in [-0.2, 0) is 12.5 Å². The smallest absolute Gasteiger partial charge is 0.191 e. The van der Waals surface area contributed by atoms with Gasteiger partial charge in [-0.15, -0.1) is 11.8 Å². The lowest BCUT2D eigenvalue weighted by Gasteiger charge is -2.18. The van der Waals surface area contributed by atoms with E-state index in [2.05, 4.69) is 61.5 Å². The fourth-order valence-electron chi connectivity index (χ4n) is 2.91. The Morgan fingerprint density at radius 3 is 2.58 bits per heavy atom. The van der Waals surface area contributed by atoms with Gasteiger partial charge in [0.25, 0.3) is 0 Å². The van der Waals surface area contributed by atoms with Gasteiger partial charge in [-0.3, -0.25) is 4.98 Å². The third-order valence-electron chi connectivity index (χ3n) is 4.31. The second-order valence-corrected chi connectivity index (χ2v) is 9.54. The van der Waals surface area contributed by atoms with E-state index in [1.807, 2.05) is 12.5 Å². The van der Waals surface area contributed by atoms with Crippen LogP contribution in [0.25, 0.3) is 10.9 Å². The average Bonchev–Trinajstić information content (AvgIpc) is 2.91. The van der Waals surface area contributed by atoms with Crippen molar-refractivity contribution in [3.05, 3.63) is 35.8 Å². The molecule has 3 rings (SSSR count). The van der Waals surface area contributed by atoms with Crippen molar-refractivity contribution in [2.45, 2.75) is 48.5 Å². The van der Waals surface area contributed by atoms with Crippen molar-refractivity contribution < 1.29 is 0 Å². The number of fused-ring (bicyclic) bond motifs is 1. The van der Waals surface area contributed by atoms with Crippen LogP contribution in [-0.4, -0.2) is 25.8 Å². The Labute approximate surface area is 163 Å². The fourth-order valence-corrected chi connectivity index (χ4v) is 4.26. The van der Waals surface area contributed by atoms with Crippen molar-refractivity contribution >= 4 is 40.2 Å². The predicted octanol–water partition coefficient (Wildman–Crippen LogP) is 4.82. The zero-order valence-corrected chi connectivity index (χ0v) is 17.7. The summed E-state index contributed by atoms with van der Waals surface area (Å²) in [6, 6.07) is 4.00. The first-order chi connectivity index (χ1) is 12.2. The molecule has 0 aliphatic heterocycles. The number of pyridine rings is 1. The van der Waals surface area contributed by atoms with Gasteiger partial charge in [0.05, 0.1) is 22.7 Å². The Bertz CT molecular complexity index is 943. The van der Waals surface area contributed by atoms with Crippen molar-refractivity contribution in [2.75, 3.05) is 12.0 Å². The fraction of sp³-hybridized carbons (Fsp3) is 0.421. The lowest BCUT2D eigenvalue weighted by atomic mass is 9.87. The summed E-state index contributed by atoms with van der Waals surface area (Å²) < 4.78 is 2.15. The molecule has 0 bridgehead atoms. The molecule has 138 valence electrons. The monoisotopic (exact) mass is 387 g/mol. The van der Waals surface area contributed by atoms with E-state index in [1.54, 1.807) is 29.6 Å². The zero-order valence-electron chi connectivity index (χ0n) is 16.1. The highest BCUT2D eigenvalue weighted by Gasteiger charge is 2.21. The molecule has 0 aromatic carbocycles. The number of thioether (sulfide) groups is 2. The van der Waals surface area contributed by atoms with Crippen LogP contribution < -0.4 is 5.73 Å². The summed E-state index contributed by atoms with van der Waals surface area (Å²) in [7, 11) is 2.07. The number of anilines is 1. The first-order valence-corrected chi connectivity index (χ1v) is 10.6. The van der Waals surface area contributed by atoms with E-state index in [0.29, 0.717) is 11.0 Å². The minimum absolute atomic E-state index is 0.0821. The maximum absolute atomic E-state index is 5.90. The molecular formula is C19H25N5S2. The van der Waals surface area contributed by atoms with Crippen molar-refractivity contribution in [1.82, 2.24) is 19.5 Å². The number of hydrogen-bond donors (Lipinski definition) is 1. The third-order valence-corrected chi connectivity index (χ3v) is 5.93. The van der Waals surface area contributed by atoms with E-state index in [0.717, 1.165) is 16.2 Å². The summed E-state index contributed by atoms with van der Waals surface area (Å²) in [5.74, 6) is 0.500. The van der Waals surface area contributed by atoms with Gasteiger partial charge in [0.2, 0.25) is 0 Å². The SMILES string of the molecule is CSc1cc(N)nc(SC(C)c2cc3c(C(C)(C)C)cn(C)c3cn2)n1. The molecule has 0 aliphatic carbocycles. The standard InChI is InChI=1S/C19H25N5S2/c1-11(26-18-22-16(20)8-17(23-18)25-6)14-7-12-13(19(2,3)4)10-24(5)15(12)9-21-14/h7-11H,1-6H3,(H2,20,22,23). The van der Waals surface area contributed by atoms with E-state index in [4.69, 9.17) is 10.7 Å². The van der Waals surface area contributed by atoms with Crippen LogP contribution in [0.5, 0.6) is 0 Å². The van der Waals surface area contributed by atoms with Crippen molar-refractivity contribution in [3.63, 3.8) is 0 Å². The van der Waals surface area contributed by atoms with Crippen LogP contribution in [0.15, 0.2) is 34.7 Å². The summed E-state index contributed by atoms with van der Waals surface area (Å²) in [4.78, 5) is 13.6. The minimum atomic E-state index is 0.0821. The van der Waals surface area contributed by atoms with Crippen LogP contribution >= 0.6 is 23.5 Å². The van der Waals surface area contributed by atoms with Gasteiger partial charge in [-0.2, -0.15) is 0 Å². The quantitative estimate of drug-likeness (QED) is 0.393. The first kappa shape index (κ1) is 19.0. The maximum Gasteiger partial charge on any atom is 0.191 e. The van der Waals surface area contributed by atoms with Gasteiger partial charge in [0.15, 0.2) is 5.16 Å². The van der Waals surface area contributed by atoms with E-state index in [-0.39, 0.29) is 10.7 Å². The Morgan fingerprint density at radius 1 is 1.19 bits per heavy atom. The molecule has 0 fully saturated rings. The largest absolute Gasteiger partial charge is 0.384 e. The molecule has 0 spiro atoms. The molecule has 26 heavy (non-hydrogen) atoms. The first-order valence-electron chi connectivity index (χ1n) is 8.49. The number of nitrogens with two attached hydrogens (primary N) is 1. The number of hydrogen-bond acceptors (Lipinski definition) is 6. The van der Waals surface area contributed by atoms with Gasteiger partial charge >= 0.3 is 0 Å². The van der Waals surface area contributed by atoms with Gasteiger partial charge in [-0.05, 0) is 30.2 Å². The predicted molar refractivity (Wildman–Crippen MR) is 112 cm³/mol. The second kappa shape index (κ2) is 7.12. The summed E-state index contributed by atoms with van der Waals surface area (Å²) in [5, 5.41) is 2.96. The lowest BCUT2D eigenvalue weighted by Crippen LogP contribution is -2.10. The number of aromatic nitrogens is 4. The number of rotatable bonds is 4. The van der Waals surface area contributed by atoms with E-state index >= 15 is 0 Å². The van der Waals surface area contributed by atoms with Crippen LogP contribution in [0.2, 0.25) is 0 Å². The Balaban J connectivity index is 1.96. The highest BCUT2D eigenvalue weighted by Crippen LogP contribution is 2.36. The topological polar surface area (TPSA) is 69.6 Å². The molecule has 3 aromatic heterocycles. The highest BCUT2D eigenvalue weighted by molar-refractivity contribution is 7.99. The molecule has 0 radical (unpaired) electrons. The van der Waals surface area contributed by atoms with Crippen molar-refractivity contribution in [3.8, 4) is 0 Å². The molecule has 0 amide bonds. The van der Waals surface area contributed by atoms with E-state index in [9.17, 15) is 0 Å². The van der Waals surface area contributed by atoms with Gasteiger partial charge in [-0.1, -0.05) is 32.5 Å². The molecule has 0 aliphatic rings. The molecule has 0 saturated carbocycles. The molecular weight excluding hydrogens is 362 g/mol. The number of nitrogen functional groups attached to an aromatic ring is 1. The summed E-state index contributed by atoms with van der Waals surface area (Å²) in [6.07, 6.45) is 6.16. The van der Waals surface area contributed by atoms with E-state index < -0.39 is 0 Å². The van der Waals surface area contributed by atoms with Crippen molar-refractivity contribution in [2.24, 2.45) is 7.05 Å². The van der Waals surface area contributed by atoms with Crippen molar-refractivity contribution in [1.29, 1.82) is 0 Å². The van der Waals surface area contributed by atoms with Gasteiger partial charge < -0.3 is 10.3 Å². The van der Waals surface area contributed by atoms with E-state index in [1.165, 1.54) is 10.9 Å². The highest BCUT2D eigenvalue weighted by atomic mass is 32.2. The normalized spacial score (nSPS) is 13.3.